The maximum atomic E-state index is 12.2. The molecular weight excluding hydrogens is 336 g/mol. The van der Waals surface area contributed by atoms with Gasteiger partial charge < -0.3 is 18.9 Å². The quantitative estimate of drug-likeness (QED) is 0.451. The molecule has 3 rings (SSSR count). The highest BCUT2D eigenvalue weighted by Crippen LogP contribution is 2.30. The van der Waals surface area contributed by atoms with Crippen molar-refractivity contribution in [1.82, 2.24) is 0 Å². The molecule has 0 unspecified atom stereocenters. The van der Waals surface area contributed by atoms with Crippen LogP contribution in [-0.2, 0) is 9.53 Å². The molecule has 0 atom stereocenters. The van der Waals surface area contributed by atoms with Crippen molar-refractivity contribution in [2.75, 3.05) is 26.9 Å². The topological polar surface area (TPSA) is 71.1 Å². The zero-order valence-corrected chi connectivity index (χ0v) is 14.3. The van der Waals surface area contributed by atoms with E-state index in [2.05, 4.69) is 0 Å². The summed E-state index contributed by atoms with van der Waals surface area (Å²) >= 11 is 0. The second-order valence-electron chi connectivity index (χ2n) is 5.50. The van der Waals surface area contributed by atoms with Crippen LogP contribution in [0.1, 0.15) is 15.9 Å². The van der Waals surface area contributed by atoms with Gasteiger partial charge in [-0.3, -0.25) is 4.79 Å². The number of rotatable bonds is 6. The lowest BCUT2D eigenvalue weighted by atomic mass is 10.1. The third-order valence-electron chi connectivity index (χ3n) is 3.74. The number of fused-ring (bicyclic) bond motifs is 1. The van der Waals surface area contributed by atoms with Gasteiger partial charge >= 0.3 is 5.97 Å². The number of ketones is 1. The van der Waals surface area contributed by atoms with Gasteiger partial charge in [0, 0.05) is 11.6 Å². The van der Waals surface area contributed by atoms with Crippen molar-refractivity contribution in [3.63, 3.8) is 0 Å². The fraction of sp³-hybridized carbons (Fsp3) is 0.200. The Morgan fingerprint density at radius 1 is 1.04 bits per heavy atom. The molecule has 1 aliphatic rings. The Kier molecular flexibility index (Phi) is 5.53. The highest BCUT2D eigenvalue weighted by Gasteiger charge is 2.15. The molecule has 1 aliphatic heterocycles. The van der Waals surface area contributed by atoms with Crippen molar-refractivity contribution < 1.29 is 28.5 Å². The van der Waals surface area contributed by atoms with Crippen molar-refractivity contribution in [3.05, 3.63) is 59.7 Å². The first-order chi connectivity index (χ1) is 12.7. The molecule has 1 heterocycles. The number of benzene rings is 2. The maximum absolute atomic E-state index is 12.2. The van der Waals surface area contributed by atoms with Crippen LogP contribution in [0.2, 0.25) is 0 Å². The van der Waals surface area contributed by atoms with E-state index in [1.165, 1.54) is 6.08 Å². The Hall–Kier alpha value is -3.28. The summed E-state index contributed by atoms with van der Waals surface area (Å²) in [6.07, 6.45) is 2.88. The summed E-state index contributed by atoms with van der Waals surface area (Å²) in [5.41, 5.74) is 1.22. The summed E-state index contributed by atoms with van der Waals surface area (Å²) in [4.78, 5) is 23.9. The largest absolute Gasteiger partial charge is 0.497 e. The van der Waals surface area contributed by atoms with Crippen molar-refractivity contribution in [2.45, 2.75) is 0 Å². The molecule has 26 heavy (non-hydrogen) atoms. The highest BCUT2D eigenvalue weighted by atomic mass is 16.6. The summed E-state index contributed by atoms with van der Waals surface area (Å²) < 4.78 is 20.9. The Morgan fingerprint density at radius 3 is 2.50 bits per heavy atom. The van der Waals surface area contributed by atoms with Crippen LogP contribution in [-0.4, -0.2) is 38.7 Å². The van der Waals surface area contributed by atoms with E-state index in [-0.39, 0.29) is 12.4 Å². The molecule has 6 nitrogen and oxygen atoms in total. The monoisotopic (exact) mass is 354 g/mol. The normalized spacial score (nSPS) is 12.7. The van der Waals surface area contributed by atoms with Gasteiger partial charge in [-0.2, -0.15) is 0 Å². The molecule has 2 aromatic rings. The van der Waals surface area contributed by atoms with Crippen molar-refractivity contribution in [1.29, 1.82) is 0 Å². The molecule has 6 heteroatoms. The van der Waals surface area contributed by atoms with E-state index in [0.717, 1.165) is 11.3 Å². The van der Waals surface area contributed by atoms with E-state index in [0.29, 0.717) is 30.3 Å². The lowest BCUT2D eigenvalue weighted by Gasteiger charge is -2.18. The molecular formula is C20H18O6. The van der Waals surface area contributed by atoms with Crippen LogP contribution in [0, 0.1) is 0 Å². The number of ether oxygens (including phenoxy) is 4. The summed E-state index contributed by atoms with van der Waals surface area (Å²) in [5.74, 6) is 0.953. The zero-order valence-electron chi connectivity index (χ0n) is 14.3. The van der Waals surface area contributed by atoms with Crippen LogP contribution >= 0.6 is 0 Å². The minimum absolute atomic E-state index is 0.312. The molecule has 0 radical (unpaired) electrons. The van der Waals surface area contributed by atoms with Crippen molar-refractivity contribution in [3.8, 4) is 17.2 Å². The summed E-state index contributed by atoms with van der Waals surface area (Å²) in [7, 11) is 1.58. The van der Waals surface area contributed by atoms with Crippen molar-refractivity contribution >= 4 is 17.8 Å². The molecule has 0 bridgehead atoms. The smallest absolute Gasteiger partial charge is 0.331 e. The molecule has 0 aliphatic carbocycles. The fourth-order valence-corrected chi connectivity index (χ4v) is 2.36. The minimum atomic E-state index is -0.591. The van der Waals surface area contributed by atoms with Gasteiger partial charge in [-0.25, -0.2) is 4.79 Å². The molecule has 0 N–H and O–H groups in total. The molecule has 0 aromatic heterocycles. The van der Waals surface area contributed by atoms with Gasteiger partial charge in [0.05, 0.1) is 7.11 Å². The van der Waals surface area contributed by atoms with E-state index in [4.69, 9.17) is 18.9 Å². The van der Waals surface area contributed by atoms with Crippen LogP contribution in [0.25, 0.3) is 6.08 Å². The fourth-order valence-electron chi connectivity index (χ4n) is 2.36. The number of hydrogen-bond donors (Lipinski definition) is 0. The number of methoxy groups -OCH3 is 1. The van der Waals surface area contributed by atoms with Crippen LogP contribution in [0.3, 0.4) is 0 Å². The van der Waals surface area contributed by atoms with Crippen LogP contribution < -0.4 is 14.2 Å². The molecule has 134 valence electrons. The van der Waals surface area contributed by atoms with Crippen molar-refractivity contribution in [2.24, 2.45) is 0 Å². The minimum Gasteiger partial charge on any atom is -0.497 e. The second kappa shape index (κ2) is 8.20. The van der Waals surface area contributed by atoms with Gasteiger partial charge in [0.2, 0.25) is 0 Å². The van der Waals surface area contributed by atoms with Gasteiger partial charge in [-0.1, -0.05) is 12.1 Å². The van der Waals surface area contributed by atoms with Gasteiger partial charge in [-0.15, -0.1) is 0 Å². The number of esters is 1. The molecule has 0 saturated heterocycles. The van der Waals surface area contributed by atoms with Gasteiger partial charge in [0.25, 0.3) is 0 Å². The number of Topliss-reactive ketones (excluding diaryl/α,β-unsaturated/α-hetero) is 1. The van der Waals surface area contributed by atoms with Gasteiger partial charge in [0.15, 0.2) is 23.9 Å². The van der Waals surface area contributed by atoms with Crippen LogP contribution in [0.5, 0.6) is 17.2 Å². The van der Waals surface area contributed by atoms with E-state index in [9.17, 15) is 9.59 Å². The third-order valence-corrected chi connectivity index (χ3v) is 3.74. The molecule has 0 fully saturated rings. The lowest BCUT2D eigenvalue weighted by Crippen LogP contribution is -2.17. The van der Waals surface area contributed by atoms with Crippen LogP contribution in [0.15, 0.2) is 48.5 Å². The van der Waals surface area contributed by atoms with E-state index in [1.807, 2.05) is 12.1 Å². The Balaban J connectivity index is 1.53. The van der Waals surface area contributed by atoms with Gasteiger partial charge in [0.1, 0.15) is 19.0 Å². The molecule has 2 aromatic carbocycles. The average molecular weight is 354 g/mol. The SMILES string of the molecule is COc1ccc(C=CC(=O)OCC(=O)c2ccc3c(c2)OCCO3)cc1. The zero-order chi connectivity index (χ0) is 18.4. The predicted octanol–water partition coefficient (Wildman–Crippen LogP) is 2.91. The average Bonchev–Trinajstić information content (AvgIpc) is 2.70. The summed E-state index contributed by atoms with van der Waals surface area (Å²) in [5, 5.41) is 0. The summed E-state index contributed by atoms with van der Waals surface area (Å²) in [6.45, 7) is 0.583. The first-order valence-corrected chi connectivity index (χ1v) is 8.07. The second-order valence-corrected chi connectivity index (χ2v) is 5.50. The van der Waals surface area contributed by atoms with Gasteiger partial charge in [-0.05, 0) is 42.0 Å². The Bertz CT molecular complexity index is 823. The first-order valence-electron chi connectivity index (χ1n) is 8.07. The predicted molar refractivity (Wildman–Crippen MR) is 94.7 cm³/mol. The Labute approximate surface area is 150 Å². The lowest BCUT2D eigenvalue weighted by molar-refractivity contribution is -0.136. The molecule has 0 saturated carbocycles. The van der Waals surface area contributed by atoms with E-state index >= 15 is 0 Å². The first kappa shape index (κ1) is 17.5. The third kappa shape index (κ3) is 4.42. The number of carbonyl (C=O) groups excluding carboxylic acids is 2. The van der Waals surface area contributed by atoms with E-state index in [1.54, 1.807) is 43.5 Å². The van der Waals surface area contributed by atoms with Crippen LogP contribution in [0.4, 0.5) is 0 Å². The highest BCUT2D eigenvalue weighted by molar-refractivity contribution is 5.99. The standard InChI is InChI=1S/C20H18O6/c1-23-16-6-2-14(3-7-16)4-9-20(22)26-13-17(21)15-5-8-18-19(12-15)25-11-10-24-18/h2-9,12H,10-11,13H2,1H3. The Morgan fingerprint density at radius 2 is 1.77 bits per heavy atom. The summed E-state index contributed by atoms with van der Waals surface area (Å²) in [6, 6.07) is 12.1. The maximum Gasteiger partial charge on any atom is 0.331 e. The molecule has 0 spiro atoms. The number of carbonyl (C=O) groups is 2. The van der Waals surface area contributed by atoms with E-state index < -0.39 is 5.97 Å². The number of hydrogen-bond acceptors (Lipinski definition) is 6. The molecule has 0 amide bonds.